The maximum Gasteiger partial charge on any atom is 0.242 e. The molecule has 1 amide bonds. The first-order chi connectivity index (χ1) is 11.9. The van der Waals surface area contributed by atoms with Crippen LogP contribution in [0.4, 0.5) is 10.1 Å². The third-order valence-corrected chi connectivity index (χ3v) is 4.94. The van der Waals surface area contributed by atoms with Crippen LogP contribution >= 0.6 is 0 Å². The molecule has 0 saturated carbocycles. The molecule has 2 aromatic carbocycles. The van der Waals surface area contributed by atoms with Crippen LogP contribution in [-0.2, 0) is 14.8 Å². The fourth-order valence-electron chi connectivity index (χ4n) is 2.10. The van der Waals surface area contributed by atoms with Crippen molar-refractivity contribution in [1.82, 2.24) is 4.72 Å². The summed E-state index contributed by atoms with van der Waals surface area (Å²) in [6.07, 6.45) is 0.195. The minimum Gasteiger partial charge on any atom is -0.324 e. The van der Waals surface area contributed by atoms with E-state index >= 15 is 0 Å². The Kier molecular flexibility index (Phi) is 5.85. The number of hydrogen-bond donors (Lipinski definition) is 2. The lowest BCUT2D eigenvalue weighted by Crippen LogP contribution is -2.43. The maximum absolute atomic E-state index is 12.9. The van der Waals surface area contributed by atoms with Crippen LogP contribution in [0.15, 0.2) is 53.4 Å². The first kappa shape index (κ1) is 18.6. The van der Waals surface area contributed by atoms with Crippen molar-refractivity contribution in [2.45, 2.75) is 24.3 Å². The first-order valence-corrected chi connectivity index (χ1v) is 8.93. The summed E-state index contributed by atoms with van der Waals surface area (Å²) >= 11 is 0. The van der Waals surface area contributed by atoms with Gasteiger partial charge in [-0.2, -0.15) is 9.98 Å². The molecule has 0 saturated heterocycles. The van der Waals surface area contributed by atoms with E-state index in [1.807, 2.05) is 6.07 Å². The van der Waals surface area contributed by atoms with Gasteiger partial charge in [0.05, 0.1) is 16.1 Å². The van der Waals surface area contributed by atoms with E-state index in [4.69, 9.17) is 5.26 Å². The van der Waals surface area contributed by atoms with Crippen LogP contribution in [0.2, 0.25) is 0 Å². The predicted molar refractivity (Wildman–Crippen MR) is 90.6 cm³/mol. The van der Waals surface area contributed by atoms with Gasteiger partial charge in [0.15, 0.2) is 0 Å². The van der Waals surface area contributed by atoms with E-state index in [0.29, 0.717) is 5.69 Å². The van der Waals surface area contributed by atoms with Gasteiger partial charge in [-0.1, -0.05) is 19.1 Å². The fraction of sp³-hybridized carbons (Fsp3) is 0.176. The molecule has 0 radical (unpaired) electrons. The third-order valence-electron chi connectivity index (χ3n) is 3.45. The molecule has 1 atom stereocenters. The number of anilines is 1. The van der Waals surface area contributed by atoms with Gasteiger partial charge in [0.25, 0.3) is 0 Å². The minimum atomic E-state index is -3.98. The van der Waals surface area contributed by atoms with Crippen molar-refractivity contribution in [2.75, 3.05) is 5.32 Å². The molecular formula is C17H16FN3O3S. The molecule has 2 rings (SSSR count). The fourth-order valence-corrected chi connectivity index (χ4v) is 3.38. The number of nitriles is 1. The van der Waals surface area contributed by atoms with E-state index in [-0.39, 0.29) is 16.9 Å². The molecule has 130 valence electrons. The zero-order valence-electron chi connectivity index (χ0n) is 13.4. The number of benzene rings is 2. The molecule has 0 heterocycles. The lowest BCUT2D eigenvalue weighted by Gasteiger charge is -2.17. The van der Waals surface area contributed by atoms with Gasteiger partial charge < -0.3 is 5.32 Å². The zero-order chi connectivity index (χ0) is 18.4. The molecule has 0 aromatic heterocycles. The number of amides is 1. The number of carbonyl (C=O) groups is 1. The number of sulfonamides is 1. The Morgan fingerprint density at radius 2 is 1.84 bits per heavy atom. The van der Waals surface area contributed by atoms with Gasteiger partial charge in [0.1, 0.15) is 17.9 Å². The highest BCUT2D eigenvalue weighted by atomic mass is 32.2. The molecule has 6 nitrogen and oxygen atoms in total. The predicted octanol–water partition coefficient (Wildman–Crippen LogP) is 2.39. The zero-order valence-corrected chi connectivity index (χ0v) is 14.2. The molecule has 0 bridgehead atoms. The van der Waals surface area contributed by atoms with Gasteiger partial charge in [0, 0.05) is 0 Å². The van der Waals surface area contributed by atoms with Crippen LogP contribution in [-0.4, -0.2) is 20.4 Å². The van der Waals surface area contributed by atoms with E-state index < -0.39 is 27.8 Å². The van der Waals surface area contributed by atoms with Crippen LogP contribution in [0.25, 0.3) is 0 Å². The van der Waals surface area contributed by atoms with Gasteiger partial charge in [-0.25, -0.2) is 12.8 Å². The number of carbonyl (C=O) groups excluding carboxylic acids is 1. The highest BCUT2D eigenvalue weighted by Crippen LogP contribution is 2.15. The van der Waals surface area contributed by atoms with Crippen molar-refractivity contribution in [3.63, 3.8) is 0 Å². The van der Waals surface area contributed by atoms with Gasteiger partial charge >= 0.3 is 0 Å². The smallest absolute Gasteiger partial charge is 0.242 e. The Labute approximate surface area is 145 Å². The molecule has 2 N–H and O–H groups in total. The van der Waals surface area contributed by atoms with Crippen LogP contribution in [0.5, 0.6) is 0 Å². The summed E-state index contributed by atoms with van der Waals surface area (Å²) in [6.45, 7) is 1.65. The molecule has 0 aliphatic rings. The van der Waals surface area contributed by atoms with Crippen molar-refractivity contribution in [1.29, 1.82) is 5.26 Å². The number of nitrogens with one attached hydrogen (secondary N) is 2. The summed E-state index contributed by atoms with van der Waals surface area (Å²) in [5, 5.41) is 11.6. The Hall–Kier alpha value is -2.76. The summed E-state index contributed by atoms with van der Waals surface area (Å²) in [6, 6.07) is 11.6. The normalized spacial score (nSPS) is 12.2. The molecule has 0 spiro atoms. The summed E-state index contributed by atoms with van der Waals surface area (Å²) in [5.41, 5.74) is 0.571. The molecule has 1 unspecified atom stereocenters. The molecule has 0 fully saturated rings. The lowest BCUT2D eigenvalue weighted by atomic mass is 10.1. The molecule has 0 aliphatic heterocycles. The van der Waals surface area contributed by atoms with Crippen LogP contribution in [0, 0.1) is 17.1 Å². The minimum absolute atomic E-state index is 0.141. The van der Waals surface area contributed by atoms with Crippen molar-refractivity contribution in [3.05, 3.63) is 59.9 Å². The number of hydrogen-bond acceptors (Lipinski definition) is 4. The second-order valence-electron chi connectivity index (χ2n) is 5.18. The van der Waals surface area contributed by atoms with Crippen molar-refractivity contribution in [3.8, 4) is 6.07 Å². The average Bonchev–Trinajstić information content (AvgIpc) is 2.60. The molecule has 2 aromatic rings. The standard InChI is InChI=1S/C17H16FN3O3S/c1-2-15(17(22)20-16-6-4-3-5-12(16)11-19)21-25(23,24)14-9-7-13(18)8-10-14/h3-10,15,21H,2H2,1H3,(H,20,22). The van der Waals surface area contributed by atoms with Crippen LogP contribution in [0.3, 0.4) is 0 Å². The highest BCUT2D eigenvalue weighted by molar-refractivity contribution is 7.89. The summed E-state index contributed by atoms with van der Waals surface area (Å²) < 4.78 is 39.9. The van der Waals surface area contributed by atoms with E-state index in [1.54, 1.807) is 31.2 Å². The van der Waals surface area contributed by atoms with Crippen molar-refractivity contribution < 1.29 is 17.6 Å². The Balaban J connectivity index is 2.17. The average molecular weight is 361 g/mol. The Morgan fingerprint density at radius 3 is 2.44 bits per heavy atom. The SMILES string of the molecule is CCC(NS(=O)(=O)c1ccc(F)cc1)C(=O)Nc1ccccc1C#N. The number of para-hydroxylation sites is 1. The van der Waals surface area contributed by atoms with Gasteiger partial charge in [0.2, 0.25) is 15.9 Å². The van der Waals surface area contributed by atoms with Gasteiger partial charge in [-0.15, -0.1) is 0 Å². The Morgan fingerprint density at radius 1 is 1.20 bits per heavy atom. The quantitative estimate of drug-likeness (QED) is 0.825. The molecular weight excluding hydrogens is 345 g/mol. The van der Waals surface area contributed by atoms with E-state index in [2.05, 4.69) is 10.0 Å². The number of halogens is 1. The number of rotatable bonds is 6. The second kappa shape index (κ2) is 7.88. The monoisotopic (exact) mass is 361 g/mol. The molecule has 8 heteroatoms. The van der Waals surface area contributed by atoms with E-state index in [1.165, 1.54) is 0 Å². The largest absolute Gasteiger partial charge is 0.324 e. The third kappa shape index (κ3) is 4.62. The lowest BCUT2D eigenvalue weighted by molar-refractivity contribution is -0.117. The van der Waals surface area contributed by atoms with Gasteiger partial charge in [-0.3, -0.25) is 4.79 Å². The van der Waals surface area contributed by atoms with Crippen molar-refractivity contribution in [2.24, 2.45) is 0 Å². The van der Waals surface area contributed by atoms with E-state index in [0.717, 1.165) is 24.3 Å². The first-order valence-electron chi connectivity index (χ1n) is 7.45. The maximum atomic E-state index is 12.9. The summed E-state index contributed by atoms with van der Waals surface area (Å²) in [7, 11) is -3.98. The summed E-state index contributed by atoms with van der Waals surface area (Å²) in [5.74, 6) is -1.15. The number of nitrogens with zero attached hydrogens (tertiary/aromatic N) is 1. The topological polar surface area (TPSA) is 99.1 Å². The van der Waals surface area contributed by atoms with Crippen LogP contribution < -0.4 is 10.0 Å². The van der Waals surface area contributed by atoms with E-state index in [9.17, 15) is 17.6 Å². The summed E-state index contributed by atoms with van der Waals surface area (Å²) in [4.78, 5) is 12.2. The molecule has 0 aliphatic carbocycles. The highest BCUT2D eigenvalue weighted by Gasteiger charge is 2.24. The molecule has 25 heavy (non-hydrogen) atoms. The second-order valence-corrected chi connectivity index (χ2v) is 6.90. The van der Waals surface area contributed by atoms with Gasteiger partial charge in [-0.05, 0) is 42.8 Å². The Bertz CT molecular complexity index is 905. The van der Waals surface area contributed by atoms with Crippen molar-refractivity contribution >= 4 is 21.6 Å². The van der Waals surface area contributed by atoms with Crippen LogP contribution in [0.1, 0.15) is 18.9 Å².